The van der Waals surface area contributed by atoms with Gasteiger partial charge in [-0.3, -0.25) is 0 Å². The molecular formula is C17H21N3O3S. The summed E-state index contributed by atoms with van der Waals surface area (Å²) in [5.74, 6) is 0. The number of urea groups is 1. The zero-order valence-corrected chi connectivity index (χ0v) is 14.5. The first-order chi connectivity index (χ1) is 11.4. The summed E-state index contributed by atoms with van der Waals surface area (Å²) in [5.41, 5.74) is 2.72. The van der Waals surface area contributed by atoms with Crippen LogP contribution in [0, 0.1) is 13.8 Å². The van der Waals surface area contributed by atoms with Gasteiger partial charge in [0.2, 0.25) is 10.0 Å². The van der Waals surface area contributed by atoms with E-state index in [-0.39, 0.29) is 24.0 Å². The summed E-state index contributed by atoms with van der Waals surface area (Å²) in [5, 5.41) is 5.30. The molecule has 0 heterocycles. The molecular weight excluding hydrogens is 326 g/mol. The van der Waals surface area contributed by atoms with Crippen LogP contribution in [0.1, 0.15) is 11.1 Å². The van der Waals surface area contributed by atoms with E-state index < -0.39 is 10.0 Å². The standard InChI is InChI=1S/C17H21N3O3S/c1-13-6-8-16(9-7-13)24(22,23)19-11-10-18-17(21)20-15-5-3-4-14(2)12-15/h3-9,12,19H,10-11H2,1-2H3,(H2,18,20,21). The second-order valence-electron chi connectivity index (χ2n) is 5.46. The largest absolute Gasteiger partial charge is 0.337 e. The highest BCUT2D eigenvalue weighted by Crippen LogP contribution is 2.10. The molecule has 0 spiro atoms. The van der Waals surface area contributed by atoms with E-state index in [1.54, 1.807) is 30.3 Å². The monoisotopic (exact) mass is 347 g/mol. The maximum atomic E-state index is 12.1. The number of carbonyl (C=O) groups is 1. The van der Waals surface area contributed by atoms with Crippen molar-refractivity contribution < 1.29 is 13.2 Å². The van der Waals surface area contributed by atoms with Crippen molar-refractivity contribution in [2.45, 2.75) is 18.7 Å². The minimum Gasteiger partial charge on any atom is -0.337 e. The summed E-state index contributed by atoms with van der Waals surface area (Å²) in [4.78, 5) is 12.0. The molecule has 2 rings (SSSR count). The first-order valence-corrected chi connectivity index (χ1v) is 9.03. The third kappa shape index (κ3) is 5.36. The normalized spacial score (nSPS) is 11.1. The third-order valence-electron chi connectivity index (χ3n) is 3.31. The van der Waals surface area contributed by atoms with Crippen molar-refractivity contribution in [3.63, 3.8) is 0 Å². The molecule has 0 radical (unpaired) electrons. The van der Waals surface area contributed by atoms with Gasteiger partial charge in [-0.2, -0.15) is 0 Å². The highest BCUT2D eigenvalue weighted by atomic mass is 32.2. The van der Waals surface area contributed by atoms with Gasteiger partial charge in [0, 0.05) is 18.8 Å². The first kappa shape index (κ1) is 18.0. The number of benzene rings is 2. The van der Waals surface area contributed by atoms with E-state index in [1.807, 2.05) is 32.0 Å². The van der Waals surface area contributed by atoms with Crippen LogP contribution in [0.5, 0.6) is 0 Å². The van der Waals surface area contributed by atoms with Crippen LogP contribution in [0.15, 0.2) is 53.4 Å². The van der Waals surface area contributed by atoms with E-state index in [9.17, 15) is 13.2 Å². The van der Waals surface area contributed by atoms with E-state index in [1.165, 1.54) is 0 Å². The van der Waals surface area contributed by atoms with Crippen LogP contribution in [0.3, 0.4) is 0 Å². The number of carbonyl (C=O) groups excluding carboxylic acids is 1. The number of rotatable bonds is 6. The Morgan fingerprint density at radius 3 is 2.33 bits per heavy atom. The molecule has 128 valence electrons. The summed E-state index contributed by atoms with van der Waals surface area (Å²) >= 11 is 0. The number of aryl methyl sites for hydroxylation is 2. The molecule has 0 atom stereocenters. The second kappa shape index (κ2) is 7.94. The van der Waals surface area contributed by atoms with Crippen molar-refractivity contribution in [3.8, 4) is 0 Å². The number of nitrogens with one attached hydrogen (secondary N) is 3. The molecule has 0 fully saturated rings. The van der Waals surface area contributed by atoms with Gasteiger partial charge < -0.3 is 10.6 Å². The van der Waals surface area contributed by atoms with Crippen molar-refractivity contribution in [1.29, 1.82) is 0 Å². The maximum absolute atomic E-state index is 12.1. The lowest BCUT2D eigenvalue weighted by Crippen LogP contribution is -2.36. The van der Waals surface area contributed by atoms with Gasteiger partial charge >= 0.3 is 6.03 Å². The molecule has 2 aromatic rings. The lowest BCUT2D eigenvalue weighted by molar-refractivity contribution is 0.252. The number of hydrogen-bond donors (Lipinski definition) is 3. The lowest BCUT2D eigenvalue weighted by atomic mass is 10.2. The Morgan fingerprint density at radius 2 is 1.67 bits per heavy atom. The lowest BCUT2D eigenvalue weighted by Gasteiger charge is -2.10. The van der Waals surface area contributed by atoms with Crippen molar-refractivity contribution in [3.05, 3.63) is 59.7 Å². The molecule has 0 unspecified atom stereocenters. The molecule has 0 saturated heterocycles. The topological polar surface area (TPSA) is 87.3 Å². The van der Waals surface area contributed by atoms with Crippen LogP contribution in [-0.4, -0.2) is 27.5 Å². The SMILES string of the molecule is Cc1ccc(S(=O)(=O)NCCNC(=O)Nc2cccc(C)c2)cc1. The highest BCUT2D eigenvalue weighted by Gasteiger charge is 2.12. The van der Waals surface area contributed by atoms with E-state index in [2.05, 4.69) is 15.4 Å². The van der Waals surface area contributed by atoms with Crippen LogP contribution in [0.4, 0.5) is 10.5 Å². The number of anilines is 1. The molecule has 0 saturated carbocycles. The van der Waals surface area contributed by atoms with Gasteiger partial charge in [0.05, 0.1) is 4.90 Å². The van der Waals surface area contributed by atoms with Gasteiger partial charge in [-0.25, -0.2) is 17.9 Å². The Balaban J connectivity index is 1.77. The number of amides is 2. The quantitative estimate of drug-likeness (QED) is 0.701. The van der Waals surface area contributed by atoms with Crippen LogP contribution >= 0.6 is 0 Å². The Bertz CT molecular complexity index is 802. The van der Waals surface area contributed by atoms with Crippen LogP contribution in [-0.2, 0) is 10.0 Å². The molecule has 7 heteroatoms. The van der Waals surface area contributed by atoms with Crippen molar-refractivity contribution >= 4 is 21.7 Å². The molecule has 0 bridgehead atoms. The van der Waals surface area contributed by atoms with Crippen LogP contribution in [0.25, 0.3) is 0 Å². The smallest absolute Gasteiger partial charge is 0.319 e. The van der Waals surface area contributed by atoms with E-state index in [0.29, 0.717) is 5.69 Å². The summed E-state index contributed by atoms with van der Waals surface area (Å²) in [6.07, 6.45) is 0. The highest BCUT2D eigenvalue weighted by molar-refractivity contribution is 7.89. The number of hydrogen-bond acceptors (Lipinski definition) is 3. The zero-order chi connectivity index (χ0) is 17.6. The predicted molar refractivity (Wildman–Crippen MR) is 94.6 cm³/mol. The zero-order valence-electron chi connectivity index (χ0n) is 13.7. The summed E-state index contributed by atoms with van der Waals surface area (Å²) < 4.78 is 26.6. The van der Waals surface area contributed by atoms with Gasteiger partial charge in [-0.1, -0.05) is 29.8 Å². The molecule has 3 N–H and O–H groups in total. The summed E-state index contributed by atoms with van der Waals surface area (Å²) in [6, 6.07) is 13.6. The Labute approximate surface area is 142 Å². The third-order valence-corrected chi connectivity index (χ3v) is 4.79. The van der Waals surface area contributed by atoms with Gasteiger partial charge in [0.1, 0.15) is 0 Å². The van der Waals surface area contributed by atoms with Crippen LogP contribution in [0.2, 0.25) is 0 Å². The van der Waals surface area contributed by atoms with E-state index in [4.69, 9.17) is 0 Å². The molecule has 0 aliphatic heterocycles. The first-order valence-electron chi connectivity index (χ1n) is 7.55. The van der Waals surface area contributed by atoms with Crippen molar-refractivity contribution in [2.75, 3.05) is 18.4 Å². The average Bonchev–Trinajstić information content (AvgIpc) is 2.52. The Morgan fingerprint density at radius 1 is 0.958 bits per heavy atom. The molecule has 6 nitrogen and oxygen atoms in total. The molecule has 24 heavy (non-hydrogen) atoms. The predicted octanol–water partition coefficient (Wildman–Crippen LogP) is 2.40. The minimum absolute atomic E-state index is 0.109. The maximum Gasteiger partial charge on any atom is 0.319 e. The van der Waals surface area contributed by atoms with Gasteiger partial charge in [0.25, 0.3) is 0 Å². The second-order valence-corrected chi connectivity index (χ2v) is 7.23. The summed E-state index contributed by atoms with van der Waals surface area (Å²) in [6.45, 7) is 4.11. The van der Waals surface area contributed by atoms with Gasteiger partial charge in [-0.05, 0) is 43.7 Å². The Kier molecular flexibility index (Phi) is 5.94. The molecule has 0 aliphatic carbocycles. The summed E-state index contributed by atoms with van der Waals surface area (Å²) in [7, 11) is -3.56. The Hall–Kier alpha value is -2.38. The number of sulfonamides is 1. The van der Waals surface area contributed by atoms with Crippen LogP contribution < -0.4 is 15.4 Å². The molecule has 2 aromatic carbocycles. The molecule has 2 amide bonds. The van der Waals surface area contributed by atoms with Gasteiger partial charge in [-0.15, -0.1) is 0 Å². The molecule has 0 aliphatic rings. The average molecular weight is 347 g/mol. The minimum atomic E-state index is -3.56. The van der Waals surface area contributed by atoms with E-state index >= 15 is 0 Å². The molecule has 0 aromatic heterocycles. The fraction of sp³-hybridized carbons (Fsp3) is 0.235. The van der Waals surface area contributed by atoms with Crippen molar-refractivity contribution in [2.24, 2.45) is 0 Å². The van der Waals surface area contributed by atoms with Crippen molar-refractivity contribution in [1.82, 2.24) is 10.0 Å². The fourth-order valence-electron chi connectivity index (χ4n) is 2.06. The van der Waals surface area contributed by atoms with Gasteiger partial charge in [0.15, 0.2) is 0 Å². The van der Waals surface area contributed by atoms with E-state index in [0.717, 1.165) is 11.1 Å². The fourth-order valence-corrected chi connectivity index (χ4v) is 3.09.